The first-order valence-corrected chi connectivity index (χ1v) is 8.11. The number of nitrogens with two attached hydrogens (primary N) is 1. The fraction of sp³-hybridized carbons (Fsp3) is 0.529. The van der Waals surface area contributed by atoms with Gasteiger partial charge >= 0.3 is 0 Å². The van der Waals surface area contributed by atoms with Gasteiger partial charge in [0, 0.05) is 26.1 Å². The van der Waals surface area contributed by atoms with Crippen molar-refractivity contribution in [3.63, 3.8) is 0 Å². The van der Waals surface area contributed by atoms with Crippen molar-refractivity contribution in [3.05, 3.63) is 35.9 Å². The van der Waals surface area contributed by atoms with Crippen molar-refractivity contribution in [1.29, 1.82) is 0 Å². The predicted molar refractivity (Wildman–Crippen MR) is 89.4 cm³/mol. The molecule has 0 atom stereocenters. The van der Waals surface area contributed by atoms with Gasteiger partial charge in [0.05, 0.1) is 6.54 Å². The molecule has 1 aromatic carbocycles. The molecule has 0 aliphatic carbocycles. The van der Waals surface area contributed by atoms with E-state index in [4.69, 9.17) is 5.73 Å². The first kappa shape index (κ1) is 16.3. The summed E-state index contributed by atoms with van der Waals surface area (Å²) in [5, 5.41) is 2.90. The van der Waals surface area contributed by atoms with Crippen molar-refractivity contribution in [2.45, 2.75) is 38.6 Å². The average Bonchev–Trinajstić information content (AvgIpc) is 2.83. The summed E-state index contributed by atoms with van der Waals surface area (Å²) >= 11 is 0. The van der Waals surface area contributed by atoms with Gasteiger partial charge in [-0.2, -0.15) is 0 Å². The Balaban J connectivity index is 1.68. The molecule has 120 valence electrons. The highest BCUT2D eigenvalue weighted by Crippen LogP contribution is 2.09. The molecule has 0 unspecified atom stereocenters. The smallest absolute Gasteiger partial charge is 0.222 e. The van der Waals surface area contributed by atoms with Gasteiger partial charge in [0.2, 0.25) is 5.91 Å². The summed E-state index contributed by atoms with van der Waals surface area (Å²) in [5.74, 6) is 0.592. The zero-order valence-corrected chi connectivity index (χ0v) is 13.1. The number of rotatable bonds is 5. The number of benzene rings is 1. The third-order valence-corrected chi connectivity index (χ3v) is 3.88. The molecule has 0 aromatic heterocycles. The molecule has 5 nitrogen and oxygen atoms in total. The molecule has 22 heavy (non-hydrogen) atoms. The van der Waals surface area contributed by atoms with Crippen LogP contribution >= 0.6 is 0 Å². The summed E-state index contributed by atoms with van der Waals surface area (Å²) in [4.78, 5) is 18.3. The molecule has 1 aliphatic heterocycles. The Morgan fingerprint density at radius 1 is 1.14 bits per heavy atom. The number of hydrogen-bond acceptors (Lipinski definition) is 2. The van der Waals surface area contributed by atoms with E-state index in [0.29, 0.717) is 25.5 Å². The zero-order chi connectivity index (χ0) is 15.6. The minimum atomic E-state index is 0.0104. The van der Waals surface area contributed by atoms with Crippen LogP contribution in [0, 0.1) is 0 Å². The number of nitrogens with one attached hydrogen (secondary N) is 1. The highest BCUT2D eigenvalue weighted by Gasteiger charge is 2.10. The van der Waals surface area contributed by atoms with Crippen LogP contribution < -0.4 is 11.1 Å². The van der Waals surface area contributed by atoms with Crippen molar-refractivity contribution in [3.8, 4) is 0 Å². The van der Waals surface area contributed by atoms with E-state index in [2.05, 4.69) is 15.2 Å². The number of carbonyl (C=O) groups is 1. The summed E-state index contributed by atoms with van der Waals surface area (Å²) in [6.07, 6.45) is 5.26. The van der Waals surface area contributed by atoms with E-state index in [0.717, 1.165) is 18.7 Å². The van der Waals surface area contributed by atoms with Gasteiger partial charge in [0.25, 0.3) is 0 Å². The Morgan fingerprint density at radius 3 is 2.50 bits per heavy atom. The molecule has 0 bridgehead atoms. The van der Waals surface area contributed by atoms with Gasteiger partial charge in [-0.15, -0.1) is 0 Å². The standard InChI is InChI=1S/C17H26N4O/c18-17(21-12-6-1-2-7-13-21)19-11-10-16(22)20-14-15-8-4-3-5-9-15/h3-5,8-9H,1-2,6-7,10-14H2,(H2,18,19)(H,20,22). The molecule has 2 rings (SSSR count). The van der Waals surface area contributed by atoms with E-state index >= 15 is 0 Å². The molecular formula is C17H26N4O. The van der Waals surface area contributed by atoms with E-state index in [-0.39, 0.29) is 5.91 Å². The van der Waals surface area contributed by atoms with Crippen LogP contribution in [0.4, 0.5) is 0 Å². The van der Waals surface area contributed by atoms with Gasteiger partial charge < -0.3 is 16.0 Å². The highest BCUT2D eigenvalue weighted by molar-refractivity contribution is 5.79. The van der Waals surface area contributed by atoms with Crippen molar-refractivity contribution in [2.24, 2.45) is 10.7 Å². The largest absolute Gasteiger partial charge is 0.370 e. The van der Waals surface area contributed by atoms with E-state index in [1.807, 2.05) is 30.3 Å². The van der Waals surface area contributed by atoms with E-state index < -0.39 is 0 Å². The predicted octanol–water partition coefficient (Wildman–Crippen LogP) is 1.88. The number of guanidine groups is 1. The lowest BCUT2D eigenvalue weighted by atomic mass is 10.2. The highest BCUT2D eigenvalue weighted by atomic mass is 16.1. The molecule has 5 heteroatoms. The molecule has 1 heterocycles. The van der Waals surface area contributed by atoms with Crippen LogP contribution in [-0.2, 0) is 11.3 Å². The summed E-state index contributed by atoms with van der Waals surface area (Å²) in [6.45, 7) is 2.97. The molecule has 0 radical (unpaired) electrons. The van der Waals surface area contributed by atoms with Gasteiger partial charge in [-0.05, 0) is 18.4 Å². The topological polar surface area (TPSA) is 70.7 Å². The maximum Gasteiger partial charge on any atom is 0.222 e. The Hall–Kier alpha value is -2.04. The molecule has 0 saturated carbocycles. The second kappa shape index (κ2) is 9.07. The molecule has 1 amide bonds. The molecule has 1 fully saturated rings. The normalized spacial score (nSPS) is 16.2. The minimum Gasteiger partial charge on any atom is -0.370 e. The van der Waals surface area contributed by atoms with Crippen molar-refractivity contribution in [2.75, 3.05) is 19.6 Å². The molecule has 3 N–H and O–H groups in total. The number of amides is 1. The lowest BCUT2D eigenvalue weighted by Gasteiger charge is -2.21. The second-order valence-corrected chi connectivity index (χ2v) is 5.65. The summed E-state index contributed by atoms with van der Waals surface area (Å²) in [5.41, 5.74) is 7.11. The zero-order valence-electron chi connectivity index (χ0n) is 13.1. The summed E-state index contributed by atoms with van der Waals surface area (Å²) in [6, 6.07) is 9.89. The Labute approximate surface area is 132 Å². The van der Waals surface area contributed by atoms with E-state index in [9.17, 15) is 4.79 Å². The van der Waals surface area contributed by atoms with Crippen molar-refractivity contribution in [1.82, 2.24) is 10.2 Å². The van der Waals surface area contributed by atoms with Crippen LogP contribution in [-0.4, -0.2) is 36.4 Å². The van der Waals surface area contributed by atoms with Crippen LogP contribution in [0.1, 0.15) is 37.7 Å². The number of likely N-dealkylation sites (tertiary alicyclic amines) is 1. The van der Waals surface area contributed by atoms with Crippen LogP contribution in [0.15, 0.2) is 35.3 Å². The number of aliphatic imine (C=N–C) groups is 1. The maximum atomic E-state index is 11.8. The molecule has 1 saturated heterocycles. The van der Waals surface area contributed by atoms with Crippen molar-refractivity contribution < 1.29 is 4.79 Å². The van der Waals surface area contributed by atoms with Gasteiger partial charge in [-0.1, -0.05) is 43.2 Å². The third kappa shape index (κ3) is 5.76. The summed E-state index contributed by atoms with van der Waals surface area (Å²) < 4.78 is 0. The summed E-state index contributed by atoms with van der Waals surface area (Å²) in [7, 11) is 0. The molecule has 1 aromatic rings. The molecule has 1 aliphatic rings. The Morgan fingerprint density at radius 2 is 1.82 bits per heavy atom. The Bertz CT molecular complexity index is 479. The van der Waals surface area contributed by atoms with Crippen LogP contribution in [0.5, 0.6) is 0 Å². The maximum absolute atomic E-state index is 11.8. The quantitative estimate of drug-likeness (QED) is 0.644. The lowest BCUT2D eigenvalue weighted by Crippen LogP contribution is -2.38. The van der Waals surface area contributed by atoms with Gasteiger partial charge in [0.1, 0.15) is 0 Å². The van der Waals surface area contributed by atoms with Crippen molar-refractivity contribution >= 4 is 11.9 Å². The van der Waals surface area contributed by atoms with E-state index in [1.165, 1.54) is 25.7 Å². The number of carbonyl (C=O) groups excluding carboxylic acids is 1. The fourth-order valence-electron chi connectivity index (χ4n) is 2.56. The molecule has 0 spiro atoms. The monoisotopic (exact) mass is 302 g/mol. The SMILES string of the molecule is NC(=NCCC(=O)NCc1ccccc1)N1CCCCCC1. The lowest BCUT2D eigenvalue weighted by molar-refractivity contribution is -0.121. The second-order valence-electron chi connectivity index (χ2n) is 5.65. The van der Waals surface area contributed by atoms with Crippen LogP contribution in [0.25, 0.3) is 0 Å². The van der Waals surface area contributed by atoms with Crippen LogP contribution in [0.3, 0.4) is 0 Å². The first-order valence-electron chi connectivity index (χ1n) is 8.11. The van der Waals surface area contributed by atoms with E-state index in [1.54, 1.807) is 0 Å². The first-order chi connectivity index (χ1) is 10.8. The van der Waals surface area contributed by atoms with Gasteiger partial charge in [0.15, 0.2) is 5.96 Å². The number of hydrogen-bond donors (Lipinski definition) is 2. The molecular weight excluding hydrogens is 276 g/mol. The average molecular weight is 302 g/mol. The Kier molecular flexibility index (Phi) is 6.74. The number of nitrogens with zero attached hydrogens (tertiary/aromatic N) is 2. The fourth-order valence-corrected chi connectivity index (χ4v) is 2.56. The minimum absolute atomic E-state index is 0.0104. The van der Waals surface area contributed by atoms with Gasteiger partial charge in [-0.3, -0.25) is 9.79 Å². The third-order valence-electron chi connectivity index (χ3n) is 3.88. The van der Waals surface area contributed by atoms with Crippen LogP contribution in [0.2, 0.25) is 0 Å². The van der Waals surface area contributed by atoms with Gasteiger partial charge in [-0.25, -0.2) is 0 Å².